The van der Waals surface area contributed by atoms with E-state index in [0.29, 0.717) is 16.6 Å². The van der Waals surface area contributed by atoms with Crippen LogP contribution in [0.4, 0.5) is 13.2 Å². The molecule has 0 N–H and O–H groups in total. The Hall–Kier alpha value is -1.57. The van der Waals surface area contributed by atoms with Gasteiger partial charge in [-0.2, -0.15) is 18.3 Å². The maximum Gasteiger partial charge on any atom is 0.435 e. The Labute approximate surface area is 98.7 Å². The van der Waals surface area contributed by atoms with Crippen molar-refractivity contribution in [1.29, 1.82) is 0 Å². The minimum Gasteiger partial charge on any atom is -0.473 e. The summed E-state index contributed by atoms with van der Waals surface area (Å²) < 4.78 is 43.4. The van der Waals surface area contributed by atoms with Gasteiger partial charge in [-0.05, 0) is 6.07 Å². The second kappa shape index (κ2) is 4.02. The molecule has 0 saturated carbocycles. The van der Waals surface area contributed by atoms with Crippen LogP contribution < -0.4 is 4.74 Å². The predicted octanol–water partition coefficient (Wildman–Crippen LogP) is 2.57. The summed E-state index contributed by atoms with van der Waals surface area (Å²) in [4.78, 5) is 4.02. The fraction of sp³-hybridized carbons (Fsp3) is 0.333. The number of nitrogens with zero attached hydrogens (tertiary/aromatic N) is 3. The van der Waals surface area contributed by atoms with Crippen LogP contribution in [0.3, 0.4) is 0 Å². The number of alkyl halides is 3. The van der Waals surface area contributed by atoms with Gasteiger partial charge in [0.1, 0.15) is 5.69 Å². The zero-order valence-electron chi connectivity index (χ0n) is 8.95. The number of rotatable bonds is 2. The monoisotopic (exact) mass is 263 g/mol. The largest absolute Gasteiger partial charge is 0.473 e. The molecule has 2 rings (SSSR count). The molecule has 0 aliphatic heterocycles. The van der Waals surface area contributed by atoms with Crippen molar-refractivity contribution in [3.8, 4) is 16.6 Å². The summed E-state index contributed by atoms with van der Waals surface area (Å²) in [6.45, 7) is 0. The third-order valence-corrected chi connectivity index (χ3v) is 2.89. The topological polar surface area (TPSA) is 39.9 Å². The molecular formula is C9H8F3N3OS. The van der Waals surface area contributed by atoms with Crippen molar-refractivity contribution < 1.29 is 17.9 Å². The van der Waals surface area contributed by atoms with Crippen molar-refractivity contribution in [3.63, 3.8) is 0 Å². The zero-order valence-corrected chi connectivity index (χ0v) is 9.76. The first kappa shape index (κ1) is 11.9. The van der Waals surface area contributed by atoms with Gasteiger partial charge in [0.15, 0.2) is 5.69 Å². The number of hydrogen-bond acceptors (Lipinski definition) is 4. The molecule has 0 unspecified atom stereocenters. The Balaban J connectivity index is 2.42. The molecule has 0 saturated heterocycles. The summed E-state index contributed by atoms with van der Waals surface area (Å²) in [7, 11) is 2.89. The Morgan fingerprint density at radius 3 is 2.59 bits per heavy atom. The molecule has 92 valence electrons. The summed E-state index contributed by atoms with van der Waals surface area (Å²) in [5.74, 6) is 0. The van der Waals surface area contributed by atoms with Crippen LogP contribution in [0.2, 0.25) is 0 Å². The number of methoxy groups -OCH3 is 1. The predicted molar refractivity (Wildman–Crippen MR) is 55.9 cm³/mol. The summed E-state index contributed by atoms with van der Waals surface area (Å²) >= 11 is 1.21. The van der Waals surface area contributed by atoms with Crippen molar-refractivity contribution in [2.24, 2.45) is 7.05 Å². The first-order chi connectivity index (χ1) is 7.91. The number of ether oxygens (including phenoxy) is 1. The Bertz CT molecular complexity index is 532. The van der Waals surface area contributed by atoms with Crippen molar-refractivity contribution >= 4 is 11.3 Å². The zero-order chi connectivity index (χ0) is 12.6. The maximum atomic E-state index is 12.4. The number of halogens is 3. The first-order valence-corrected chi connectivity index (χ1v) is 5.41. The molecule has 0 radical (unpaired) electrons. The minimum atomic E-state index is -4.45. The number of hydrogen-bond donors (Lipinski definition) is 0. The highest BCUT2D eigenvalue weighted by Gasteiger charge is 2.34. The first-order valence-electron chi connectivity index (χ1n) is 4.53. The van der Waals surface area contributed by atoms with Gasteiger partial charge in [0, 0.05) is 12.4 Å². The summed E-state index contributed by atoms with van der Waals surface area (Å²) in [5.41, 5.74) is -0.212. The van der Waals surface area contributed by atoms with E-state index >= 15 is 0 Å². The van der Waals surface area contributed by atoms with Gasteiger partial charge < -0.3 is 4.74 Å². The van der Waals surface area contributed by atoms with E-state index in [9.17, 15) is 13.2 Å². The highest BCUT2D eigenvalue weighted by Crippen LogP contribution is 2.32. The molecular weight excluding hydrogens is 255 g/mol. The van der Waals surface area contributed by atoms with Gasteiger partial charge in [-0.25, -0.2) is 4.98 Å². The Morgan fingerprint density at radius 2 is 2.12 bits per heavy atom. The van der Waals surface area contributed by atoms with Crippen LogP contribution in [0.25, 0.3) is 11.4 Å². The summed E-state index contributed by atoms with van der Waals surface area (Å²) in [5, 5.41) is 5.43. The molecule has 2 aromatic heterocycles. The standard InChI is InChI=1S/C9H8F3N3OS/c1-15-6(3-7(14-15)9(10,11)12)5-4-17-8(13-5)16-2/h3-4H,1-2H3. The van der Waals surface area contributed by atoms with E-state index in [1.54, 1.807) is 5.38 Å². The quantitative estimate of drug-likeness (QED) is 0.836. The highest BCUT2D eigenvalue weighted by molar-refractivity contribution is 7.11. The number of thiazole rings is 1. The Morgan fingerprint density at radius 1 is 1.41 bits per heavy atom. The van der Waals surface area contributed by atoms with E-state index in [0.717, 1.165) is 10.7 Å². The molecule has 0 amide bonds. The fourth-order valence-electron chi connectivity index (χ4n) is 1.31. The highest BCUT2D eigenvalue weighted by atomic mass is 32.1. The van der Waals surface area contributed by atoms with Gasteiger partial charge >= 0.3 is 6.18 Å². The molecule has 8 heteroatoms. The van der Waals surface area contributed by atoms with Gasteiger partial charge in [-0.3, -0.25) is 4.68 Å². The molecule has 0 atom stereocenters. The molecule has 0 bridgehead atoms. The van der Waals surface area contributed by atoms with E-state index in [-0.39, 0.29) is 0 Å². The van der Waals surface area contributed by atoms with Crippen LogP contribution in [0.1, 0.15) is 5.69 Å². The van der Waals surface area contributed by atoms with Crippen molar-refractivity contribution in [3.05, 3.63) is 17.1 Å². The second-order valence-corrected chi connectivity index (χ2v) is 4.06. The van der Waals surface area contributed by atoms with Crippen LogP contribution in [-0.4, -0.2) is 21.9 Å². The maximum absolute atomic E-state index is 12.4. The summed E-state index contributed by atoms with van der Waals surface area (Å²) in [6, 6.07) is 0.967. The van der Waals surface area contributed by atoms with Crippen LogP contribution in [0.5, 0.6) is 5.19 Å². The van der Waals surface area contributed by atoms with Crippen LogP contribution in [-0.2, 0) is 13.2 Å². The smallest absolute Gasteiger partial charge is 0.435 e. The van der Waals surface area contributed by atoms with Gasteiger partial charge in [0.25, 0.3) is 5.19 Å². The molecule has 0 fully saturated rings. The van der Waals surface area contributed by atoms with Crippen LogP contribution in [0, 0.1) is 0 Å². The van der Waals surface area contributed by atoms with Crippen molar-refractivity contribution in [2.75, 3.05) is 7.11 Å². The lowest BCUT2D eigenvalue weighted by atomic mass is 10.3. The molecule has 0 aromatic carbocycles. The summed E-state index contributed by atoms with van der Waals surface area (Å²) in [6.07, 6.45) is -4.45. The lowest BCUT2D eigenvalue weighted by Crippen LogP contribution is -2.06. The molecule has 0 aliphatic carbocycles. The van der Waals surface area contributed by atoms with Gasteiger partial charge in [-0.15, -0.1) is 0 Å². The van der Waals surface area contributed by atoms with Gasteiger partial charge in [-0.1, -0.05) is 11.3 Å². The van der Waals surface area contributed by atoms with E-state index < -0.39 is 11.9 Å². The van der Waals surface area contributed by atoms with Gasteiger partial charge in [0.05, 0.1) is 12.8 Å². The third-order valence-electron chi connectivity index (χ3n) is 2.09. The number of aryl methyl sites for hydroxylation is 1. The molecule has 0 aliphatic rings. The second-order valence-electron chi connectivity index (χ2n) is 3.24. The lowest BCUT2D eigenvalue weighted by molar-refractivity contribution is -0.141. The van der Waals surface area contributed by atoms with Crippen molar-refractivity contribution in [1.82, 2.24) is 14.8 Å². The van der Waals surface area contributed by atoms with Crippen LogP contribution >= 0.6 is 11.3 Å². The van der Waals surface area contributed by atoms with E-state index in [4.69, 9.17) is 4.74 Å². The van der Waals surface area contributed by atoms with Gasteiger partial charge in [0.2, 0.25) is 0 Å². The molecule has 2 aromatic rings. The molecule has 2 heterocycles. The normalized spacial score (nSPS) is 11.8. The average molecular weight is 263 g/mol. The van der Waals surface area contributed by atoms with E-state index in [2.05, 4.69) is 10.1 Å². The molecule has 4 nitrogen and oxygen atoms in total. The van der Waals surface area contributed by atoms with E-state index in [1.165, 1.54) is 25.5 Å². The average Bonchev–Trinajstić information content (AvgIpc) is 2.82. The molecule has 17 heavy (non-hydrogen) atoms. The third kappa shape index (κ3) is 2.26. The van der Waals surface area contributed by atoms with Crippen molar-refractivity contribution in [2.45, 2.75) is 6.18 Å². The Kier molecular flexibility index (Phi) is 2.82. The number of aromatic nitrogens is 3. The fourth-order valence-corrected chi connectivity index (χ4v) is 1.95. The molecule has 0 spiro atoms. The van der Waals surface area contributed by atoms with Crippen LogP contribution in [0.15, 0.2) is 11.4 Å². The van der Waals surface area contributed by atoms with E-state index in [1.807, 2.05) is 0 Å². The minimum absolute atomic E-state index is 0.303. The lowest BCUT2D eigenvalue weighted by Gasteiger charge is -1.98. The SMILES string of the molecule is COc1nc(-c2cc(C(F)(F)F)nn2C)cs1.